The molecule has 1 spiro atoms. The van der Waals surface area contributed by atoms with E-state index >= 15 is 0 Å². The Morgan fingerprint density at radius 2 is 1.69 bits per heavy atom. The number of rotatable bonds is 7. The van der Waals surface area contributed by atoms with Crippen LogP contribution in [0.2, 0.25) is 5.02 Å². The van der Waals surface area contributed by atoms with Crippen molar-refractivity contribution >= 4 is 23.4 Å². The quantitative estimate of drug-likeness (QED) is 0.676. The molecule has 1 saturated heterocycles. The van der Waals surface area contributed by atoms with Crippen LogP contribution in [-0.4, -0.2) is 49.1 Å². The van der Waals surface area contributed by atoms with E-state index in [4.69, 9.17) is 30.9 Å². The second-order valence-corrected chi connectivity index (χ2v) is 8.59. The lowest BCUT2D eigenvalue weighted by Gasteiger charge is -2.41. The molecule has 1 heterocycles. The Labute approximate surface area is 176 Å². The summed E-state index contributed by atoms with van der Waals surface area (Å²) in [4.78, 5) is 25.9. The predicted octanol–water partition coefficient (Wildman–Crippen LogP) is 3.30. The highest BCUT2D eigenvalue weighted by Crippen LogP contribution is 2.47. The van der Waals surface area contributed by atoms with Gasteiger partial charge >= 0.3 is 5.97 Å². The summed E-state index contributed by atoms with van der Waals surface area (Å²) in [7, 11) is 0. The molecule has 3 rings (SSSR count). The fraction of sp³-hybridized carbons (Fsp3) is 0.636. The molecule has 0 radical (unpaired) electrons. The summed E-state index contributed by atoms with van der Waals surface area (Å²) in [5.41, 5.74) is 1.99. The summed E-state index contributed by atoms with van der Waals surface area (Å²) in [6.45, 7) is 4.67. The lowest BCUT2D eigenvalue weighted by atomic mass is 9.68. The van der Waals surface area contributed by atoms with Gasteiger partial charge in [-0.15, -0.1) is 0 Å². The van der Waals surface area contributed by atoms with Gasteiger partial charge < -0.3 is 19.3 Å². The third-order valence-electron chi connectivity index (χ3n) is 6.11. The van der Waals surface area contributed by atoms with Crippen LogP contribution < -0.4 is 0 Å². The number of esters is 1. The number of benzene rings is 1. The summed E-state index contributed by atoms with van der Waals surface area (Å²) in [5.74, 6) is -1.06. The van der Waals surface area contributed by atoms with E-state index < -0.39 is 17.2 Å². The van der Waals surface area contributed by atoms with E-state index in [1.807, 2.05) is 26.0 Å². The first-order valence-corrected chi connectivity index (χ1v) is 10.5. The number of halogens is 1. The van der Waals surface area contributed by atoms with Gasteiger partial charge in [-0.3, -0.25) is 9.59 Å². The highest BCUT2D eigenvalue weighted by Gasteiger charge is 2.51. The fourth-order valence-corrected chi connectivity index (χ4v) is 4.82. The average Bonchev–Trinajstić information content (AvgIpc) is 3.13. The largest absolute Gasteiger partial charge is 0.463 e. The predicted molar refractivity (Wildman–Crippen MR) is 108 cm³/mol. The zero-order valence-electron chi connectivity index (χ0n) is 17.1. The molecule has 1 aliphatic carbocycles. The molecule has 29 heavy (non-hydrogen) atoms. The summed E-state index contributed by atoms with van der Waals surface area (Å²) in [5, 5.41) is 9.68. The Kier molecular flexibility index (Phi) is 6.99. The first-order chi connectivity index (χ1) is 13.8. The van der Waals surface area contributed by atoms with Crippen molar-refractivity contribution in [3.8, 4) is 0 Å². The number of hydrogen-bond donors (Lipinski definition) is 1. The van der Waals surface area contributed by atoms with Crippen LogP contribution in [0, 0.1) is 19.3 Å². The molecular formula is C22H29ClO6. The third-order valence-corrected chi connectivity index (χ3v) is 6.33. The number of carbonyl (C=O) groups excluding carboxylic acids is 2. The van der Waals surface area contributed by atoms with Crippen molar-refractivity contribution < 1.29 is 28.9 Å². The zero-order chi connectivity index (χ0) is 21.1. The molecule has 2 aliphatic rings. The number of carbonyl (C=O) groups is 2. The van der Waals surface area contributed by atoms with Gasteiger partial charge in [0.15, 0.2) is 5.79 Å². The van der Waals surface area contributed by atoms with E-state index in [0.717, 1.165) is 16.7 Å². The minimum absolute atomic E-state index is 0.0105. The minimum Gasteiger partial charge on any atom is -0.463 e. The fourth-order valence-electron chi connectivity index (χ4n) is 4.50. The number of Topliss-reactive ketones (excluding diaryl/α,β-unsaturated/α-hetero) is 1. The Morgan fingerprint density at radius 1 is 1.10 bits per heavy atom. The Hall–Kier alpha value is -1.47. The Balaban J connectivity index is 1.75. The maximum Gasteiger partial charge on any atom is 0.312 e. The second kappa shape index (κ2) is 9.13. The number of aliphatic hydroxyl groups is 1. The molecule has 1 aromatic carbocycles. The van der Waals surface area contributed by atoms with Crippen LogP contribution in [0.15, 0.2) is 12.1 Å². The number of hydrogen-bond acceptors (Lipinski definition) is 6. The highest BCUT2D eigenvalue weighted by atomic mass is 35.5. The molecule has 1 aliphatic heterocycles. The van der Waals surface area contributed by atoms with Crippen LogP contribution in [0.4, 0.5) is 0 Å². The summed E-state index contributed by atoms with van der Waals surface area (Å²) in [6.07, 6.45) is 2.38. The molecule has 0 amide bonds. The Morgan fingerprint density at radius 3 is 2.24 bits per heavy atom. The normalized spacial score (nSPS) is 20.0. The van der Waals surface area contributed by atoms with Gasteiger partial charge in [0.25, 0.3) is 0 Å². The maximum atomic E-state index is 13.0. The van der Waals surface area contributed by atoms with E-state index in [-0.39, 0.29) is 31.8 Å². The Bertz CT molecular complexity index is 736. The van der Waals surface area contributed by atoms with Gasteiger partial charge in [-0.1, -0.05) is 11.6 Å². The molecule has 0 bridgehead atoms. The molecule has 7 heteroatoms. The van der Waals surface area contributed by atoms with Crippen molar-refractivity contribution in [3.05, 3.63) is 33.8 Å². The van der Waals surface area contributed by atoms with Crippen molar-refractivity contribution in [3.63, 3.8) is 0 Å². The first-order valence-electron chi connectivity index (χ1n) is 10.1. The molecule has 6 nitrogen and oxygen atoms in total. The SMILES string of the molecule is Cc1cc(Cl)cc(C)c1CC(=O)CC1(C(=O)OCCO)CCC2(CC1)OCCO2. The van der Waals surface area contributed by atoms with Crippen molar-refractivity contribution in [2.45, 2.75) is 58.2 Å². The van der Waals surface area contributed by atoms with Crippen molar-refractivity contribution in [1.82, 2.24) is 0 Å². The molecule has 0 aromatic heterocycles. The smallest absolute Gasteiger partial charge is 0.312 e. The summed E-state index contributed by atoms with van der Waals surface area (Å²) in [6, 6.07) is 3.70. The van der Waals surface area contributed by atoms with E-state index in [9.17, 15) is 9.59 Å². The molecule has 1 aromatic rings. The van der Waals surface area contributed by atoms with Gasteiger partial charge in [0.05, 0.1) is 25.2 Å². The van der Waals surface area contributed by atoms with E-state index in [1.165, 1.54) is 0 Å². The molecule has 160 valence electrons. The van der Waals surface area contributed by atoms with Gasteiger partial charge in [-0.2, -0.15) is 0 Å². The van der Waals surface area contributed by atoms with Crippen molar-refractivity contribution in [2.75, 3.05) is 26.4 Å². The number of aliphatic hydroxyl groups excluding tert-OH is 1. The number of ketones is 1. The number of aryl methyl sites for hydroxylation is 2. The van der Waals surface area contributed by atoms with Gasteiger partial charge in [0.2, 0.25) is 0 Å². The van der Waals surface area contributed by atoms with E-state index in [2.05, 4.69) is 0 Å². The van der Waals surface area contributed by atoms with E-state index in [1.54, 1.807) is 0 Å². The molecular weight excluding hydrogens is 396 g/mol. The lowest BCUT2D eigenvalue weighted by Crippen LogP contribution is -2.45. The minimum atomic E-state index is -0.902. The van der Waals surface area contributed by atoms with Gasteiger partial charge in [0, 0.05) is 30.7 Å². The van der Waals surface area contributed by atoms with Crippen molar-refractivity contribution in [1.29, 1.82) is 0 Å². The second-order valence-electron chi connectivity index (χ2n) is 8.16. The zero-order valence-corrected chi connectivity index (χ0v) is 17.8. The van der Waals surface area contributed by atoms with Gasteiger partial charge in [0.1, 0.15) is 12.4 Å². The van der Waals surface area contributed by atoms with Crippen LogP contribution in [0.25, 0.3) is 0 Å². The van der Waals surface area contributed by atoms with E-state index in [0.29, 0.717) is 43.9 Å². The van der Waals surface area contributed by atoms with Crippen molar-refractivity contribution in [2.24, 2.45) is 5.41 Å². The first kappa shape index (κ1) is 22.2. The topological polar surface area (TPSA) is 82.1 Å². The van der Waals surface area contributed by atoms with Crippen LogP contribution in [-0.2, 0) is 30.2 Å². The molecule has 2 fully saturated rings. The molecule has 0 unspecified atom stereocenters. The van der Waals surface area contributed by atoms with Gasteiger partial charge in [-0.05, 0) is 55.5 Å². The number of ether oxygens (including phenoxy) is 3. The molecule has 1 N–H and O–H groups in total. The van der Waals surface area contributed by atoms with Gasteiger partial charge in [-0.25, -0.2) is 0 Å². The van der Waals surface area contributed by atoms with Crippen LogP contribution in [0.1, 0.15) is 48.8 Å². The maximum absolute atomic E-state index is 13.0. The highest BCUT2D eigenvalue weighted by molar-refractivity contribution is 6.30. The molecule has 0 atom stereocenters. The average molecular weight is 425 g/mol. The van der Waals surface area contributed by atoms with Crippen LogP contribution in [0.3, 0.4) is 0 Å². The summed E-state index contributed by atoms with van der Waals surface area (Å²) >= 11 is 6.10. The molecule has 1 saturated carbocycles. The standard InChI is InChI=1S/C22H29ClO6/c1-15-11-17(23)12-16(2)19(15)13-18(25)14-21(20(26)27-8-7-24)3-5-22(6-4-21)28-9-10-29-22/h11-12,24H,3-10,13-14H2,1-2H3. The lowest BCUT2D eigenvalue weighted by molar-refractivity contribution is -0.200. The van der Waals surface area contributed by atoms with Crippen LogP contribution >= 0.6 is 11.6 Å². The third kappa shape index (κ3) is 5.00. The van der Waals surface area contributed by atoms with Crippen LogP contribution in [0.5, 0.6) is 0 Å². The monoisotopic (exact) mass is 424 g/mol. The summed E-state index contributed by atoms with van der Waals surface area (Å²) < 4.78 is 16.8.